The van der Waals surface area contributed by atoms with Crippen molar-refractivity contribution in [3.8, 4) is 0 Å². The number of hydrogen-bond donors (Lipinski definition) is 0. The lowest BCUT2D eigenvalue weighted by molar-refractivity contribution is -0.148. The van der Waals surface area contributed by atoms with Crippen molar-refractivity contribution < 1.29 is 42.9 Å². The van der Waals surface area contributed by atoms with Crippen LogP contribution >= 0.6 is 0 Å². The Morgan fingerprint density at radius 3 is 1.00 bits per heavy atom. The van der Waals surface area contributed by atoms with Gasteiger partial charge >= 0.3 is 23.9 Å². The van der Waals surface area contributed by atoms with Crippen LogP contribution in [0.25, 0.3) is 0 Å². The lowest BCUT2D eigenvalue weighted by atomic mass is 10.0. The summed E-state index contributed by atoms with van der Waals surface area (Å²) < 4.78 is 26.1. The van der Waals surface area contributed by atoms with E-state index in [1.54, 1.807) is 0 Å². The van der Waals surface area contributed by atoms with E-state index in [0.29, 0.717) is 63.6 Å². The summed E-state index contributed by atoms with van der Waals surface area (Å²) in [4.78, 5) is 47.0. The van der Waals surface area contributed by atoms with Gasteiger partial charge in [-0.1, -0.05) is 66.2 Å². The van der Waals surface area contributed by atoms with Gasteiger partial charge in [0.1, 0.15) is 13.2 Å². The minimum absolute atomic E-state index is 0.136. The molecule has 0 N–H and O–H groups in total. The van der Waals surface area contributed by atoms with Crippen LogP contribution in [-0.4, -0.2) is 63.5 Å². The van der Waals surface area contributed by atoms with Gasteiger partial charge in [0.05, 0.1) is 26.4 Å². The predicted octanol–water partition coefficient (Wildman–Crippen LogP) is 7.51. The zero-order valence-corrected chi connectivity index (χ0v) is 27.8. The van der Waals surface area contributed by atoms with Crippen LogP contribution < -0.4 is 0 Å². The van der Waals surface area contributed by atoms with Gasteiger partial charge in [0.25, 0.3) is 0 Å². The number of rotatable bonds is 30. The summed E-state index contributed by atoms with van der Waals surface area (Å²) in [7, 11) is 0. The van der Waals surface area contributed by atoms with E-state index in [4.69, 9.17) is 23.7 Å². The Morgan fingerprint density at radius 2 is 0.674 bits per heavy atom. The molecule has 0 aliphatic carbocycles. The fourth-order valence-corrected chi connectivity index (χ4v) is 4.29. The zero-order chi connectivity index (χ0) is 32.0. The van der Waals surface area contributed by atoms with E-state index in [1.807, 2.05) is 0 Å². The van der Waals surface area contributed by atoms with Crippen LogP contribution in [0.2, 0.25) is 0 Å². The molecule has 0 radical (unpaired) electrons. The first-order valence-electron chi connectivity index (χ1n) is 16.9. The molecule has 0 fully saturated rings. The number of carbonyl (C=O) groups is 4. The summed E-state index contributed by atoms with van der Waals surface area (Å²) in [6, 6.07) is 0. The van der Waals surface area contributed by atoms with Gasteiger partial charge in [-0.2, -0.15) is 0 Å². The van der Waals surface area contributed by atoms with E-state index >= 15 is 0 Å². The minimum Gasteiger partial charge on any atom is -0.466 e. The highest BCUT2D eigenvalue weighted by Gasteiger charge is 2.07. The van der Waals surface area contributed by atoms with E-state index in [1.165, 1.54) is 12.8 Å². The maximum Gasteiger partial charge on any atom is 0.305 e. The first-order chi connectivity index (χ1) is 20.7. The third kappa shape index (κ3) is 32.6. The lowest BCUT2D eigenvalue weighted by Gasteiger charge is -2.08. The van der Waals surface area contributed by atoms with Crippen molar-refractivity contribution in [1.29, 1.82) is 0 Å². The quantitative estimate of drug-likeness (QED) is 0.0460. The molecule has 0 aliphatic heterocycles. The maximum atomic E-state index is 11.8. The van der Waals surface area contributed by atoms with Crippen LogP contribution in [0, 0.1) is 11.8 Å². The van der Waals surface area contributed by atoms with E-state index < -0.39 is 0 Å². The second-order valence-corrected chi connectivity index (χ2v) is 12.1. The van der Waals surface area contributed by atoms with Gasteiger partial charge in [0.15, 0.2) is 0 Å². The SMILES string of the molecule is CC(C)CCCCCC(=O)OCCCCCC(=O)OCCOCCOC(=O)CCCCCOC(=O)CCCCCC(C)C. The van der Waals surface area contributed by atoms with Gasteiger partial charge in [-0.05, 0) is 63.2 Å². The van der Waals surface area contributed by atoms with E-state index in [0.717, 1.165) is 64.2 Å². The molecule has 0 rings (SSSR count). The largest absolute Gasteiger partial charge is 0.466 e. The van der Waals surface area contributed by atoms with Crippen molar-refractivity contribution in [3.63, 3.8) is 0 Å². The monoisotopic (exact) mass is 614 g/mol. The Hall–Kier alpha value is -2.16. The van der Waals surface area contributed by atoms with Crippen LogP contribution in [0.5, 0.6) is 0 Å². The molecule has 0 aromatic heterocycles. The molecule has 9 nitrogen and oxygen atoms in total. The number of hydrogen-bond acceptors (Lipinski definition) is 9. The summed E-state index contributed by atoms with van der Waals surface area (Å²) in [6.07, 6.45) is 14.7. The fraction of sp³-hybridized carbons (Fsp3) is 0.882. The molecule has 0 spiro atoms. The first-order valence-corrected chi connectivity index (χ1v) is 16.9. The molecule has 252 valence electrons. The van der Waals surface area contributed by atoms with Gasteiger partial charge in [0.2, 0.25) is 0 Å². The molecule has 43 heavy (non-hydrogen) atoms. The van der Waals surface area contributed by atoms with Gasteiger partial charge in [0, 0.05) is 25.7 Å². The van der Waals surface area contributed by atoms with E-state index in [2.05, 4.69) is 27.7 Å². The molecular weight excluding hydrogens is 552 g/mol. The topological polar surface area (TPSA) is 114 Å². The third-order valence-corrected chi connectivity index (χ3v) is 6.88. The van der Waals surface area contributed by atoms with Crippen molar-refractivity contribution in [2.45, 2.75) is 143 Å². The summed E-state index contributed by atoms with van der Waals surface area (Å²) >= 11 is 0. The fourth-order valence-electron chi connectivity index (χ4n) is 4.29. The molecule has 0 heterocycles. The highest BCUT2D eigenvalue weighted by atomic mass is 16.6. The van der Waals surface area contributed by atoms with Crippen LogP contribution in [-0.2, 0) is 42.9 Å². The van der Waals surface area contributed by atoms with Crippen LogP contribution in [0.4, 0.5) is 0 Å². The molecule has 0 bridgehead atoms. The second kappa shape index (κ2) is 29.9. The molecule has 0 aliphatic rings. The Labute approximate surface area is 261 Å². The zero-order valence-electron chi connectivity index (χ0n) is 27.8. The summed E-state index contributed by atoms with van der Waals surface area (Å²) in [6.45, 7) is 10.4. The predicted molar refractivity (Wildman–Crippen MR) is 167 cm³/mol. The minimum atomic E-state index is -0.278. The number of esters is 4. The van der Waals surface area contributed by atoms with Crippen LogP contribution in [0.1, 0.15) is 143 Å². The second-order valence-electron chi connectivity index (χ2n) is 12.1. The summed E-state index contributed by atoms with van der Waals surface area (Å²) in [5.41, 5.74) is 0. The van der Waals surface area contributed by atoms with Gasteiger partial charge in [-0.15, -0.1) is 0 Å². The number of unbranched alkanes of at least 4 members (excludes halogenated alkanes) is 8. The average molecular weight is 615 g/mol. The summed E-state index contributed by atoms with van der Waals surface area (Å²) in [5.74, 6) is 0.588. The normalized spacial score (nSPS) is 11.1. The van der Waals surface area contributed by atoms with Crippen molar-refractivity contribution in [2.75, 3.05) is 39.6 Å². The van der Waals surface area contributed by atoms with Gasteiger partial charge < -0.3 is 23.7 Å². The van der Waals surface area contributed by atoms with Crippen LogP contribution in [0.3, 0.4) is 0 Å². The maximum absolute atomic E-state index is 11.8. The first kappa shape index (κ1) is 40.8. The van der Waals surface area contributed by atoms with E-state index in [9.17, 15) is 19.2 Å². The molecular formula is C34H62O9. The van der Waals surface area contributed by atoms with Crippen molar-refractivity contribution >= 4 is 23.9 Å². The lowest BCUT2D eigenvalue weighted by Crippen LogP contribution is -2.14. The number of ether oxygens (including phenoxy) is 5. The molecule has 0 atom stereocenters. The smallest absolute Gasteiger partial charge is 0.305 e. The van der Waals surface area contributed by atoms with Gasteiger partial charge in [-0.3, -0.25) is 19.2 Å². The number of carbonyl (C=O) groups excluding carboxylic acids is 4. The van der Waals surface area contributed by atoms with Crippen LogP contribution in [0.15, 0.2) is 0 Å². The molecule has 0 aromatic rings. The van der Waals surface area contributed by atoms with Gasteiger partial charge in [-0.25, -0.2) is 0 Å². The highest BCUT2D eigenvalue weighted by Crippen LogP contribution is 2.11. The molecule has 9 heteroatoms. The third-order valence-electron chi connectivity index (χ3n) is 6.88. The Morgan fingerprint density at radius 1 is 0.372 bits per heavy atom. The van der Waals surface area contributed by atoms with Crippen molar-refractivity contribution in [3.05, 3.63) is 0 Å². The highest BCUT2D eigenvalue weighted by molar-refractivity contribution is 5.70. The Balaban J connectivity index is 3.41. The van der Waals surface area contributed by atoms with Crippen molar-refractivity contribution in [1.82, 2.24) is 0 Å². The average Bonchev–Trinajstić information content (AvgIpc) is 2.95. The molecule has 0 unspecified atom stereocenters. The Bertz CT molecular complexity index is 648. The summed E-state index contributed by atoms with van der Waals surface area (Å²) in [5, 5.41) is 0. The van der Waals surface area contributed by atoms with Crippen molar-refractivity contribution in [2.24, 2.45) is 11.8 Å². The molecule has 0 aromatic carbocycles. The molecule has 0 saturated heterocycles. The molecule has 0 saturated carbocycles. The molecule has 0 amide bonds. The Kier molecular flexibility index (Phi) is 28.4. The van der Waals surface area contributed by atoms with E-state index in [-0.39, 0.29) is 50.3 Å². The standard InChI is InChI=1S/C34H62O9/c1-29(2)17-9-5-11-19-31(35)40-23-15-7-13-21-33(37)42-27-25-39-26-28-43-34(38)22-14-8-16-24-41-32(36)20-12-6-10-18-30(3)4/h29-30H,5-28H2,1-4H3.